The summed E-state index contributed by atoms with van der Waals surface area (Å²) in [5.74, 6) is -0.149. The number of benzene rings is 1. The van der Waals surface area contributed by atoms with E-state index < -0.39 is 0 Å². The first kappa shape index (κ1) is 13.7. The molecule has 1 aromatic carbocycles. The van der Waals surface area contributed by atoms with Crippen LogP contribution in [0.3, 0.4) is 0 Å². The van der Waals surface area contributed by atoms with Gasteiger partial charge in [0.15, 0.2) is 5.16 Å². The molecule has 0 amide bonds. The maximum absolute atomic E-state index is 11.6. The number of imidazole rings is 1. The highest BCUT2D eigenvalue weighted by molar-refractivity contribution is 9.10. The number of H-pyrrole nitrogens is 1. The number of aromatic amines is 1. The van der Waals surface area contributed by atoms with Crippen LogP contribution in [0.25, 0.3) is 11.3 Å². The fraction of sp³-hybridized carbons (Fsp3) is 0.286. The van der Waals surface area contributed by atoms with E-state index in [2.05, 4.69) is 25.9 Å². The van der Waals surface area contributed by atoms with E-state index in [1.54, 1.807) is 6.20 Å². The first-order valence-electron chi connectivity index (χ1n) is 6.30. The number of esters is 1. The van der Waals surface area contributed by atoms with Crippen LogP contribution < -0.4 is 0 Å². The summed E-state index contributed by atoms with van der Waals surface area (Å²) in [6.07, 6.45) is 2.52. The van der Waals surface area contributed by atoms with Crippen molar-refractivity contribution in [3.05, 3.63) is 34.9 Å². The summed E-state index contributed by atoms with van der Waals surface area (Å²) in [6, 6.07) is 7.99. The molecule has 0 aliphatic carbocycles. The third-order valence-corrected chi connectivity index (χ3v) is 4.72. The van der Waals surface area contributed by atoms with Crippen LogP contribution in [0.5, 0.6) is 0 Å². The predicted molar refractivity (Wildman–Crippen MR) is 81.5 cm³/mol. The number of rotatable bonds is 3. The van der Waals surface area contributed by atoms with Crippen molar-refractivity contribution in [3.8, 4) is 11.3 Å². The van der Waals surface area contributed by atoms with Gasteiger partial charge in [0.2, 0.25) is 0 Å². The van der Waals surface area contributed by atoms with Gasteiger partial charge in [-0.3, -0.25) is 4.79 Å². The molecule has 104 valence electrons. The number of nitrogens with one attached hydrogen (secondary N) is 1. The summed E-state index contributed by atoms with van der Waals surface area (Å²) in [7, 11) is 0. The smallest absolute Gasteiger partial charge is 0.319 e. The highest BCUT2D eigenvalue weighted by atomic mass is 79.9. The van der Waals surface area contributed by atoms with Gasteiger partial charge in [-0.2, -0.15) is 0 Å². The topological polar surface area (TPSA) is 55.0 Å². The number of hydrogen-bond acceptors (Lipinski definition) is 4. The Morgan fingerprint density at radius 3 is 2.80 bits per heavy atom. The van der Waals surface area contributed by atoms with Crippen molar-refractivity contribution >= 4 is 33.7 Å². The number of carbonyl (C=O) groups is 1. The maximum Gasteiger partial charge on any atom is 0.319 e. The lowest BCUT2D eigenvalue weighted by atomic mass is 10.2. The number of cyclic esters (lactones) is 1. The summed E-state index contributed by atoms with van der Waals surface area (Å²) in [5, 5.41) is 0.591. The minimum Gasteiger partial charge on any atom is -0.462 e. The minimum atomic E-state index is -0.158. The zero-order chi connectivity index (χ0) is 14.1. The van der Waals surface area contributed by atoms with Crippen molar-refractivity contribution < 1.29 is 9.53 Å². The first-order chi connectivity index (χ1) is 9.61. The van der Waals surface area contributed by atoms with Crippen molar-refractivity contribution in [2.75, 3.05) is 0 Å². The largest absolute Gasteiger partial charge is 0.462 e. The van der Waals surface area contributed by atoms with Crippen LogP contribution in [0.1, 0.15) is 13.3 Å². The number of carbonyl (C=O) groups excluding carboxylic acids is 1. The Morgan fingerprint density at radius 2 is 2.15 bits per heavy atom. The van der Waals surface area contributed by atoms with Crippen LogP contribution in [0.4, 0.5) is 0 Å². The molecule has 1 aliphatic rings. The average molecular weight is 353 g/mol. The molecular weight excluding hydrogens is 340 g/mol. The van der Waals surface area contributed by atoms with Crippen LogP contribution in [0, 0.1) is 0 Å². The first-order valence-corrected chi connectivity index (χ1v) is 7.97. The second-order valence-electron chi connectivity index (χ2n) is 4.70. The molecule has 6 heteroatoms. The standard InChI is InChI=1S/C14H13BrN2O2S/c1-8-6-12(13(18)19-8)20-14-16-7-11(17-14)9-2-4-10(15)5-3-9/h2-5,7-8,12H,6H2,1H3,(H,16,17). The van der Waals surface area contributed by atoms with Crippen molar-refractivity contribution in [2.45, 2.75) is 29.9 Å². The molecule has 4 nitrogen and oxygen atoms in total. The van der Waals surface area contributed by atoms with E-state index in [1.165, 1.54) is 11.8 Å². The summed E-state index contributed by atoms with van der Waals surface area (Å²) in [5.41, 5.74) is 2.01. The number of ether oxygens (including phenoxy) is 1. The second-order valence-corrected chi connectivity index (χ2v) is 6.81. The fourth-order valence-corrected chi connectivity index (χ4v) is 3.43. The number of aromatic nitrogens is 2. The Kier molecular flexibility index (Phi) is 3.85. The Labute approximate surface area is 129 Å². The molecule has 1 fully saturated rings. The highest BCUT2D eigenvalue weighted by Gasteiger charge is 2.33. The zero-order valence-corrected chi connectivity index (χ0v) is 13.2. The van der Waals surface area contributed by atoms with E-state index in [-0.39, 0.29) is 17.3 Å². The molecule has 2 heterocycles. The molecule has 1 aliphatic heterocycles. The van der Waals surface area contributed by atoms with Gasteiger partial charge in [0.25, 0.3) is 0 Å². The summed E-state index contributed by atoms with van der Waals surface area (Å²) < 4.78 is 6.18. The zero-order valence-electron chi connectivity index (χ0n) is 10.8. The van der Waals surface area contributed by atoms with Crippen molar-refractivity contribution in [3.63, 3.8) is 0 Å². The molecule has 3 rings (SSSR count). The molecule has 2 unspecified atom stereocenters. The lowest BCUT2D eigenvalue weighted by Crippen LogP contribution is -2.09. The van der Waals surface area contributed by atoms with Gasteiger partial charge in [-0.1, -0.05) is 39.8 Å². The normalized spacial score (nSPS) is 22.0. The third kappa shape index (κ3) is 2.91. The summed E-state index contributed by atoms with van der Waals surface area (Å²) in [6.45, 7) is 1.91. The summed E-state index contributed by atoms with van der Waals surface area (Å²) >= 11 is 4.84. The molecule has 0 bridgehead atoms. The number of nitrogens with zero attached hydrogens (tertiary/aromatic N) is 1. The lowest BCUT2D eigenvalue weighted by Gasteiger charge is -2.01. The molecule has 1 aromatic heterocycles. The fourth-order valence-electron chi connectivity index (χ4n) is 2.09. The second kappa shape index (κ2) is 5.61. The maximum atomic E-state index is 11.6. The molecule has 20 heavy (non-hydrogen) atoms. The van der Waals surface area contributed by atoms with E-state index in [9.17, 15) is 4.79 Å². The van der Waals surface area contributed by atoms with Crippen molar-refractivity contribution in [2.24, 2.45) is 0 Å². The molecule has 0 radical (unpaired) electrons. The number of halogens is 1. The van der Waals surface area contributed by atoms with Crippen molar-refractivity contribution in [1.82, 2.24) is 9.97 Å². The van der Waals surface area contributed by atoms with Crippen molar-refractivity contribution in [1.29, 1.82) is 0 Å². The van der Waals surface area contributed by atoms with Gasteiger partial charge in [0.05, 0.1) is 11.9 Å². The van der Waals surface area contributed by atoms with E-state index >= 15 is 0 Å². The Hall–Kier alpha value is -1.27. The van der Waals surface area contributed by atoms with Gasteiger partial charge in [0.1, 0.15) is 11.4 Å². The van der Waals surface area contributed by atoms with E-state index in [1.807, 2.05) is 31.2 Å². The monoisotopic (exact) mass is 352 g/mol. The Bertz CT molecular complexity index is 626. The van der Waals surface area contributed by atoms with Crippen LogP contribution in [-0.2, 0) is 9.53 Å². The van der Waals surface area contributed by atoms with Gasteiger partial charge in [-0.05, 0) is 24.6 Å². The number of hydrogen-bond donors (Lipinski definition) is 1. The average Bonchev–Trinajstić information content (AvgIpc) is 2.98. The van der Waals surface area contributed by atoms with Crippen LogP contribution in [-0.4, -0.2) is 27.3 Å². The molecule has 2 atom stereocenters. The van der Waals surface area contributed by atoms with Gasteiger partial charge < -0.3 is 9.72 Å². The van der Waals surface area contributed by atoms with Gasteiger partial charge in [0, 0.05) is 10.9 Å². The highest BCUT2D eigenvalue weighted by Crippen LogP contribution is 2.31. The third-order valence-electron chi connectivity index (χ3n) is 3.09. The molecule has 1 saturated heterocycles. The predicted octanol–water partition coefficient (Wildman–Crippen LogP) is 3.64. The molecule has 1 N–H and O–H groups in total. The summed E-state index contributed by atoms with van der Waals surface area (Å²) in [4.78, 5) is 19.2. The van der Waals surface area contributed by atoms with E-state index in [4.69, 9.17) is 4.74 Å². The Balaban J connectivity index is 1.74. The van der Waals surface area contributed by atoms with Gasteiger partial charge >= 0.3 is 5.97 Å². The number of thioether (sulfide) groups is 1. The van der Waals surface area contributed by atoms with Crippen LogP contribution in [0.2, 0.25) is 0 Å². The van der Waals surface area contributed by atoms with Gasteiger partial charge in [-0.15, -0.1) is 0 Å². The van der Waals surface area contributed by atoms with E-state index in [0.29, 0.717) is 0 Å². The van der Waals surface area contributed by atoms with Crippen LogP contribution >= 0.6 is 27.7 Å². The van der Waals surface area contributed by atoms with Gasteiger partial charge in [-0.25, -0.2) is 4.98 Å². The molecule has 0 saturated carbocycles. The molecule has 2 aromatic rings. The quantitative estimate of drug-likeness (QED) is 0.856. The van der Waals surface area contributed by atoms with E-state index in [0.717, 1.165) is 27.3 Å². The minimum absolute atomic E-state index is 0.000839. The molecular formula is C14H13BrN2O2S. The Morgan fingerprint density at radius 1 is 1.40 bits per heavy atom. The van der Waals surface area contributed by atoms with Crippen LogP contribution in [0.15, 0.2) is 40.1 Å². The molecule has 0 spiro atoms. The SMILES string of the molecule is CC1CC(Sc2ncc(-c3ccc(Br)cc3)[nH]2)C(=O)O1. The lowest BCUT2D eigenvalue weighted by molar-refractivity contribution is -0.140.